The second-order valence-corrected chi connectivity index (χ2v) is 4.94. The van der Waals surface area contributed by atoms with E-state index in [1.165, 1.54) is 0 Å². The first-order chi connectivity index (χ1) is 8.75. The van der Waals surface area contributed by atoms with Gasteiger partial charge in [0, 0.05) is 41.4 Å². The Kier molecular flexibility index (Phi) is 2.74. The van der Waals surface area contributed by atoms with Crippen LogP contribution < -0.4 is 0 Å². The van der Waals surface area contributed by atoms with Crippen LogP contribution in [0.4, 0.5) is 0 Å². The van der Waals surface area contributed by atoms with E-state index in [0.717, 1.165) is 29.3 Å². The fourth-order valence-corrected chi connectivity index (χ4v) is 2.74. The zero-order chi connectivity index (χ0) is 12.5. The topological polar surface area (TPSA) is 49.9 Å². The first-order valence-electron chi connectivity index (χ1n) is 6.38. The van der Waals surface area contributed by atoms with Crippen LogP contribution in [0.3, 0.4) is 0 Å². The lowest BCUT2D eigenvalue weighted by molar-refractivity contribution is -0.121. The number of para-hydroxylation sites is 1. The summed E-state index contributed by atoms with van der Waals surface area (Å²) in [5, 5.41) is 0.959. The van der Waals surface area contributed by atoms with Crippen LogP contribution in [0.15, 0.2) is 30.5 Å². The predicted molar refractivity (Wildman–Crippen MR) is 69.6 cm³/mol. The monoisotopic (exact) mass is 241 g/mol. The Morgan fingerprint density at radius 2 is 2.11 bits per heavy atom. The third kappa shape index (κ3) is 1.86. The highest BCUT2D eigenvalue weighted by atomic mass is 16.1. The molecule has 1 fully saturated rings. The number of carbonyl (C=O) groups is 2. The van der Waals surface area contributed by atoms with Gasteiger partial charge < -0.3 is 4.98 Å². The second-order valence-electron chi connectivity index (χ2n) is 4.94. The number of hydrogen-bond donors (Lipinski definition) is 1. The van der Waals surface area contributed by atoms with Gasteiger partial charge in [0.25, 0.3) is 0 Å². The van der Waals surface area contributed by atoms with Gasteiger partial charge in [0.2, 0.25) is 0 Å². The number of rotatable bonds is 2. The molecule has 3 rings (SSSR count). The average Bonchev–Trinajstić information content (AvgIpc) is 2.82. The number of ketones is 2. The predicted octanol–water partition coefficient (Wildman–Crippen LogP) is 3.11. The fraction of sp³-hybridized carbons (Fsp3) is 0.333. The molecule has 18 heavy (non-hydrogen) atoms. The highest BCUT2D eigenvalue weighted by molar-refractivity contribution is 6.09. The van der Waals surface area contributed by atoms with Crippen LogP contribution in [-0.2, 0) is 4.79 Å². The minimum Gasteiger partial charge on any atom is -0.360 e. The van der Waals surface area contributed by atoms with Gasteiger partial charge in [-0.1, -0.05) is 18.2 Å². The van der Waals surface area contributed by atoms with Gasteiger partial charge in [0.15, 0.2) is 5.78 Å². The Hall–Kier alpha value is -1.90. The molecule has 1 unspecified atom stereocenters. The van der Waals surface area contributed by atoms with Crippen molar-refractivity contribution in [3.8, 4) is 0 Å². The van der Waals surface area contributed by atoms with Crippen molar-refractivity contribution in [1.82, 2.24) is 4.98 Å². The average molecular weight is 241 g/mol. The van der Waals surface area contributed by atoms with E-state index < -0.39 is 0 Å². The molecule has 1 atom stereocenters. The molecule has 1 aromatic heterocycles. The Morgan fingerprint density at radius 3 is 2.94 bits per heavy atom. The van der Waals surface area contributed by atoms with Crippen LogP contribution in [0.5, 0.6) is 0 Å². The maximum Gasteiger partial charge on any atom is 0.168 e. The molecular formula is C15H15NO2. The molecule has 0 spiro atoms. The van der Waals surface area contributed by atoms with E-state index in [0.29, 0.717) is 12.8 Å². The SMILES string of the molecule is O=C1CCCC(C(=O)c2c[nH]c3ccccc23)C1. The van der Waals surface area contributed by atoms with Gasteiger partial charge in [-0.2, -0.15) is 0 Å². The summed E-state index contributed by atoms with van der Waals surface area (Å²) in [5.74, 6) is 0.213. The van der Waals surface area contributed by atoms with Crippen LogP contribution in [0.1, 0.15) is 36.0 Å². The number of nitrogens with one attached hydrogen (secondary N) is 1. The largest absolute Gasteiger partial charge is 0.360 e. The van der Waals surface area contributed by atoms with E-state index in [4.69, 9.17) is 0 Å². The molecule has 1 N–H and O–H groups in total. The molecule has 0 aliphatic heterocycles. The quantitative estimate of drug-likeness (QED) is 0.821. The number of H-pyrrole nitrogens is 1. The second kappa shape index (κ2) is 4.41. The lowest BCUT2D eigenvalue weighted by atomic mass is 9.83. The van der Waals surface area contributed by atoms with Crippen molar-refractivity contribution >= 4 is 22.5 Å². The number of carbonyl (C=O) groups excluding carboxylic acids is 2. The standard InChI is InChI=1S/C15H15NO2/c17-11-5-3-4-10(8-11)15(18)13-9-16-14-7-2-1-6-12(13)14/h1-2,6-7,9-10,16H,3-5,8H2. The summed E-state index contributed by atoms with van der Waals surface area (Å²) in [6, 6.07) is 7.78. The molecule has 0 radical (unpaired) electrons. The van der Waals surface area contributed by atoms with E-state index in [9.17, 15) is 9.59 Å². The van der Waals surface area contributed by atoms with Gasteiger partial charge in [0.1, 0.15) is 5.78 Å². The van der Waals surface area contributed by atoms with Crippen LogP contribution in [0, 0.1) is 5.92 Å². The summed E-state index contributed by atoms with van der Waals surface area (Å²) in [4.78, 5) is 27.0. The highest BCUT2D eigenvalue weighted by Gasteiger charge is 2.27. The Morgan fingerprint density at radius 1 is 1.28 bits per heavy atom. The first kappa shape index (κ1) is 11.2. The maximum atomic E-state index is 12.4. The molecule has 1 heterocycles. The molecule has 3 heteroatoms. The number of aromatic amines is 1. The molecule has 1 aliphatic rings. The number of Topliss-reactive ketones (excluding diaryl/α,β-unsaturated/α-hetero) is 2. The zero-order valence-corrected chi connectivity index (χ0v) is 10.1. The number of fused-ring (bicyclic) bond motifs is 1. The van der Waals surface area contributed by atoms with Gasteiger partial charge in [-0.15, -0.1) is 0 Å². The molecule has 1 aliphatic carbocycles. The first-order valence-corrected chi connectivity index (χ1v) is 6.38. The molecule has 3 nitrogen and oxygen atoms in total. The van der Waals surface area contributed by atoms with Crippen molar-refractivity contribution in [3.05, 3.63) is 36.0 Å². The van der Waals surface area contributed by atoms with Crippen LogP contribution >= 0.6 is 0 Å². The fourth-order valence-electron chi connectivity index (χ4n) is 2.74. The lowest BCUT2D eigenvalue weighted by Gasteiger charge is -2.19. The molecule has 1 aromatic carbocycles. The number of aromatic nitrogens is 1. The van der Waals surface area contributed by atoms with E-state index in [-0.39, 0.29) is 17.5 Å². The third-order valence-corrected chi connectivity index (χ3v) is 3.71. The van der Waals surface area contributed by atoms with Crippen LogP contribution in [0.2, 0.25) is 0 Å². The van der Waals surface area contributed by atoms with Gasteiger partial charge in [-0.3, -0.25) is 9.59 Å². The number of benzene rings is 1. The minimum absolute atomic E-state index is 0.112. The van der Waals surface area contributed by atoms with E-state index in [1.54, 1.807) is 6.20 Å². The van der Waals surface area contributed by atoms with Gasteiger partial charge in [-0.05, 0) is 18.9 Å². The smallest absolute Gasteiger partial charge is 0.168 e. The molecule has 0 amide bonds. The van der Waals surface area contributed by atoms with Gasteiger partial charge >= 0.3 is 0 Å². The molecular weight excluding hydrogens is 226 g/mol. The normalized spacial score (nSPS) is 20.2. The van der Waals surface area contributed by atoms with E-state index in [1.807, 2.05) is 24.3 Å². The summed E-state index contributed by atoms with van der Waals surface area (Å²) in [6.07, 6.45) is 4.50. The molecule has 92 valence electrons. The lowest BCUT2D eigenvalue weighted by Crippen LogP contribution is -2.22. The summed E-state index contributed by atoms with van der Waals surface area (Å²) in [5.41, 5.74) is 1.70. The molecule has 2 aromatic rings. The third-order valence-electron chi connectivity index (χ3n) is 3.71. The van der Waals surface area contributed by atoms with Crippen LogP contribution in [0.25, 0.3) is 10.9 Å². The molecule has 0 bridgehead atoms. The number of hydrogen-bond acceptors (Lipinski definition) is 2. The van der Waals surface area contributed by atoms with E-state index >= 15 is 0 Å². The molecule has 0 saturated heterocycles. The van der Waals surface area contributed by atoms with Crippen molar-refractivity contribution < 1.29 is 9.59 Å². The van der Waals surface area contributed by atoms with Crippen molar-refractivity contribution in [3.63, 3.8) is 0 Å². The molecule has 1 saturated carbocycles. The highest BCUT2D eigenvalue weighted by Crippen LogP contribution is 2.28. The summed E-state index contributed by atoms with van der Waals surface area (Å²) < 4.78 is 0. The zero-order valence-electron chi connectivity index (χ0n) is 10.1. The maximum absolute atomic E-state index is 12.4. The Labute approximate surface area is 105 Å². The van der Waals surface area contributed by atoms with Gasteiger partial charge in [-0.25, -0.2) is 0 Å². The Bertz CT molecular complexity index is 612. The summed E-state index contributed by atoms with van der Waals surface area (Å²) in [7, 11) is 0. The van der Waals surface area contributed by atoms with Crippen LogP contribution in [-0.4, -0.2) is 16.6 Å². The van der Waals surface area contributed by atoms with Crippen molar-refractivity contribution in [2.24, 2.45) is 5.92 Å². The Balaban J connectivity index is 1.94. The van der Waals surface area contributed by atoms with Crippen molar-refractivity contribution in [2.45, 2.75) is 25.7 Å². The minimum atomic E-state index is -0.120. The van der Waals surface area contributed by atoms with Gasteiger partial charge in [0.05, 0.1) is 0 Å². The van der Waals surface area contributed by atoms with Crippen molar-refractivity contribution in [1.29, 1.82) is 0 Å². The summed E-state index contributed by atoms with van der Waals surface area (Å²) >= 11 is 0. The van der Waals surface area contributed by atoms with E-state index in [2.05, 4.69) is 4.98 Å². The summed E-state index contributed by atoms with van der Waals surface area (Å²) in [6.45, 7) is 0. The van der Waals surface area contributed by atoms with Crippen molar-refractivity contribution in [2.75, 3.05) is 0 Å².